The van der Waals surface area contributed by atoms with E-state index in [0.29, 0.717) is 12.5 Å². The van der Waals surface area contributed by atoms with E-state index in [1.165, 1.54) is 4.88 Å². The van der Waals surface area contributed by atoms with E-state index in [1.54, 1.807) is 11.3 Å². The smallest absolute Gasteiger partial charge is 0.223 e. The molecule has 0 atom stereocenters. The van der Waals surface area contributed by atoms with Gasteiger partial charge in [-0.3, -0.25) is 4.79 Å². The van der Waals surface area contributed by atoms with Crippen molar-refractivity contribution in [1.29, 1.82) is 0 Å². The van der Waals surface area contributed by atoms with Crippen LogP contribution in [0.3, 0.4) is 0 Å². The minimum absolute atomic E-state index is 0.193. The van der Waals surface area contributed by atoms with Gasteiger partial charge in [0.2, 0.25) is 5.91 Å². The number of aromatic nitrogens is 1. The van der Waals surface area contributed by atoms with E-state index in [0.717, 1.165) is 24.3 Å². The standard InChI is InChI=1S/C10H14N2OS/c1-2-8-5-11-9(14-8)6-12-10(13)7-3-4-7/h5,7H,2-4,6H2,1H3,(H,12,13). The molecule has 0 spiro atoms. The third-order valence-electron chi connectivity index (χ3n) is 2.31. The van der Waals surface area contributed by atoms with Crippen LogP contribution in [0, 0.1) is 5.92 Å². The highest BCUT2D eigenvalue weighted by Gasteiger charge is 2.29. The SMILES string of the molecule is CCc1cnc(CNC(=O)C2CC2)s1. The molecule has 1 aromatic rings. The van der Waals surface area contributed by atoms with Gasteiger partial charge in [-0.2, -0.15) is 0 Å². The largest absolute Gasteiger partial charge is 0.349 e. The summed E-state index contributed by atoms with van der Waals surface area (Å²) in [6.45, 7) is 2.71. The Morgan fingerprint density at radius 1 is 1.71 bits per heavy atom. The molecule has 0 saturated heterocycles. The van der Waals surface area contributed by atoms with Gasteiger partial charge in [-0.1, -0.05) is 6.92 Å². The zero-order valence-electron chi connectivity index (χ0n) is 8.25. The fraction of sp³-hybridized carbons (Fsp3) is 0.600. The molecule has 1 N–H and O–H groups in total. The van der Waals surface area contributed by atoms with Crippen LogP contribution in [0.25, 0.3) is 0 Å². The predicted molar refractivity (Wildman–Crippen MR) is 56.1 cm³/mol. The first-order chi connectivity index (χ1) is 6.79. The number of amides is 1. The highest BCUT2D eigenvalue weighted by atomic mass is 32.1. The zero-order valence-corrected chi connectivity index (χ0v) is 9.06. The Kier molecular flexibility index (Phi) is 2.82. The third kappa shape index (κ3) is 2.32. The highest BCUT2D eigenvalue weighted by molar-refractivity contribution is 7.11. The molecule has 0 aliphatic heterocycles. The second-order valence-corrected chi connectivity index (χ2v) is 4.77. The summed E-state index contributed by atoms with van der Waals surface area (Å²) in [5.41, 5.74) is 0. The van der Waals surface area contributed by atoms with Crippen LogP contribution in [0.1, 0.15) is 29.7 Å². The molecule has 14 heavy (non-hydrogen) atoms. The van der Waals surface area contributed by atoms with Gasteiger partial charge in [-0.15, -0.1) is 11.3 Å². The van der Waals surface area contributed by atoms with Gasteiger partial charge in [-0.05, 0) is 19.3 Å². The Labute approximate surface area is 87.6 Å². The number of hydrogen-bond donors (Lipinski definition) is 1. The molecule has 1 amide bonds. The first-order valence-electron chi connectivity index (χ1n) is 5.01. The summed E-state index contributed by atoms with van der Waals surface area (Å²) in [6.07, 6.45) is 5.03. The molecule has 1 fully saturated rings. The average Bonchev–Trinajstić information content (AvgIpc) is 2.94. The maximum atomic E-state index is 11.3. The number of hydrogen-bond acceptors (Lipinski definition) is 3. The van der Waals surface area contributed by atoms with Crippen LogP contribution in [0.15, 0.2) is 6.20 Å². The van der Waals surface area contributed by atoms with E-state index in [-0.39, 0.29) is 5.91 Å². The van der Waals surface area contributed by atoms with Crippen LogP contribution in [0.4, 0.5) is 0 Å². The molecule has 76 valence electrons. The van der Waals surface area contributed by atoms with E-state index in [2.05, 4.69) is 17.2 Å². The zero-order chi connectivity index (χ0) is 9.97. The minimum Gasteiger partial charge on any atom is -0.349 e. The first kappa shape index (κ1) is 9.65. The number of nitrogens with zero attached hydrogens (tertiary/aromatic N) is 1. The fourth-order valence-electron chi connectivity index (χ4n) is 1.25. The number of rotatable bonds is 4. The number of carbonyl (C=O) groups is 1. The Morgan fingerprint density at radius 2 is 2.50 bits per heavy atom. The molecule has 2 rings (SSSR count). The van der Waals surface area contributed by atoms with Gasteiger partial charge in [0.25, 0.3) is 0 Å². The minimum atomic E-state index is 0.193. The van der Waals surface area contributed by atoms with Gasteiger partial charge >= 0.3 is 0 Å². The fourth-order valence-corrected chi connectivity index (χ4v) is 2.05. The summed E-state index contributed by atoms with van der Waals surface area (Å²) >= 11 is 1.68. The maximum Gasteiger partial charge on any atom is 0.223 e. The van der Waals surface area contributed by atoms with Gasteiger partial charge < -0.3 is 5.32 Å². The topological polar surface area (TPSA) is 42.0 Å². The van der Waals surface area contributed by atoms with Crippen molar-refractivity contribution >= 4 is 17.2 Å². The molecule has 1 aromatic heterocycles. The molecule has 1 saturated carbocycles. The van der Waals surface area contributed by atoms with Crippen molar-refractivity contribution in [3.8, 4) is 0 Å². The monoisotopic (exact) mass is 210 g/mol. The van der Waals surface area contributed by atoms with Crippen molar-refractivity contribution in [3.63, 3.8) is 0 Å². The lowest BCUT2D eigenvalue weighted by Crippen LogP contribution is -2.23. The number of thiazole rings is 1. The van der Waals surface area contributed by atoms with Crippen LogP contribution in [-0.4, -0.2) is 10.9 Å². The van der Waals surface area contributed by atoms with Gasteiger partial charge in [0.05, 0.1) is 6.54 Å². The molecular weight excluding hydrogens is 196 g/mol. The van der Waals surface area contributed by atoms with E-state index < -0.39 is 0 Å². The van der Waals surface area contributed by atoms with Gasteiger partial charge in [0.15, 0.2) is 0 Å². The van der Waals surface area contributed by atoms with Gasteiger partial charge in [-0.25, -0.2) is 4.98 Å². The Morgan fingerprint density at radius 3 is 3.07 bits per heavy atom. The van der Waals surface area contributed by atoms with Crippen molar-refractivity contribution in [2.45, 2.75) is 32.7 Å². The molecule has 0 unspecified atom stereocenters. The second-order valence-electron chi connectivity index (χ2n) is 3.57. The lowest BCUT2D eigenvalue weighted by Gasteiger charge is -1.99. The van der Waals surface area contributed by atoms with Crippen LogP contribution >= 0.6 is 11.3 Å². The van der Waals surface area contributed by atoms with Crippen molar-refractivity contribution in [1.82, 2.24) is 10.3 Å². The summed E-state index contributed by atoms with van der Waals surface area (Å²) in [4.78, 5) is 16.8. The third-order valence-corrected chi connectivity index (χ3v) is 3.45. The van der Waals surface area contributed by atoms with Crippen LogP contribution in [0.2, 0.25) is 0 Å². The number of nitrogens with one attached hydrogen (secondary N) is 1. The molecule has 0 bridgehead atoms. The summed E-state index contributed by atoms with van der Waals surface area (Å²) in [7, 11) is 0. The molecule has 0 radical (unpaired) electrons. The lowest BCUT2D eigenvalue weighted by atomic mass is 10.4. The lowest BCUT2D eigenvalue weighted by molar-refractivity contribution is -0.122. The van der Waals surface area contributed by atoms with Crippen LogP contribution in [0.5, 0.6) is 0 Å². The van der Waals surface area contributed by atoms with Gasteiger partial charge in [0, 0.05) is 17.0 Å². The van der Waals surface area contributed by atoms with E-state index in [1.807, 2.05) is 6.20 Å². The summed E-state index contributed by atoms with van der Waals surface area (Å²) in [5, 5.41) is 3.92. The van der Waals surface area contributed by atoms with Crippen molar-refractivity contribution < 1.29 is 4.79 Å². The number of aryl methyl sites for hydroxylation is 1. The molecule has 1 aliphatic carbocycles. The summed E-state index contributed by atoms with van der Waals surface area (Å²) in [6, 6.07) is 0. The normalized spacial score (nSPS) is 15.5. The Bertz CT molecular complexity index is 331. The van der Waals surface area contributed by atoms with Crippen molar-refractivity contribution in [2.24, 2.45) is 5.92 Å². The Hall–Kier alpha value is -0.900. The van der Waals surface area contributed by atoms with E-state index >= 15 is 0 Å². The van der Waals surface area contributed by atoms with Crippen molar-refractivity contribution in [2.75, 3.05) is 0 Å². The van der Waals surface area contributed by atoms with Crippen LogP contribution < -0.4 is 5.32 Å². The number of carbonyl (C=O) groups excluding carboxylic acids is 1. The summed E-state index contributed by atoms with van der Waals surface area (Å²) in [5.74, 6) is 0.485. The molecule has 0 aromatic carbocycles. The van der Waals surface area contributed by atoms with E-state index in [9.17, 15) is 4.79 Å². The maximum absolute atomic E-state index is 11.3. The Balaban J connectivity index is 1.81. The summed E-state index contributed by atoms with van der Waals surface area (Å²) < 4.78 is 0. The van der Waals surface area contributed by atoms with Crippen LogP contribution in [-0.2, 0) is 17.8 Å². The van der Waals surface area contributed by atoms with Crippen molar-refractivity contribution in [3.05, 3.63) is 16.1 Å². The first-order valence-corrected chi connectivity index (χ1v) is 5.82. The molecule has 1 heterocycles. The quantitative estimate of drug-likeness (QED) is 0.822. The average molecular weight is 210 g/mol. The van der Waals surface area contributed by atoms with Gasteiger partial charge in [0.1, 0.15) is 5.01 Å². The molecule has 4 heteroatoms. The van der Waals surface area contributed by atoms with E-state index in [4.69, 9.17) is 0 Å². The highest BCUT2D eigenvalue weighted by Crippen LogP contribution is 2.28. The molecular formula is C10H14N2OS. The second kappa shape index (κ2) is 4.09. The molecule has 3 nitrogen and oxygen atoms in total. The molecule has 1 aliphatic rings. The predicted octanol–water partition coefficient (Wildman–Crippen LogP) is 1.73.